The van der Waals surface area contributed by atoms with Gasteiger partial charge in [0.2, 0.25) is 0 Å². The van der Waals surface area contributed by atoms with E-state index in [1.165, 1.54) is 11.8 Å². The van der Waals surface area contributed by atoms with E-state index >= 15 is 0 Å². The lowest BCUT2D eigenvalue weighted by atomic mass is 10.2. The van der Waals surface area contributed by atoms with Crippen molar-refractivity contribution in [1.29, 1.82) is 0 Å². The van der Waals surface area contributed by atoms with Crippen molar-refractivity contribution in [2.45, 2.75) is 5.16 Å². The van der Waals surface area contributed by atoms with Crippen LogP contribution in [0.2, 0.25) is 5.02 Å². The Morgan fingerprint density at radius 2 is 1.75 bits per heavy atom. The Hall–Kier alpha value is -2.94. The van der Waals surface area contributed by atoms with Crippen LogP contribution in [0.15, 0.2) is 93.6 Å². The Balaban J connectivity index is 1.49. The topological polar surface area (TPSA) is 72.2 Å². The number of benzene rings is 3. The summed E-state index contributed by atoms with van der Waals surface area (Å²) < 4.78 is 2.92. The lowest BCUT2D eigenvalue weighted by Gasteiger charge is -2.10. The Morgan fingerprint density at radius 1 is 1.03 bits per heavy atom. The van der Waals surface area contributed by atoms with Crippen molar-refractivity contribution in [3.63, 3.8) is 0 Å². The molecule has 1 aromatic heterocycles. The maximum Gasteiger partial charge on any atom is 0.250 e. The third-order valence-electron chi connectivity index (χ3n) is 4.36. The highest BCUT2D eigenvalue weighted by Gasteiger charge is 2.17. The first-order chi connectivity index (χ1) is 15.6. The van der Waals surface area contributed by atoms with E-state index in [1.54, 1.807) is 18.3 Å². The second-order valence-corrected chi connectivity index (χ2v) is 8.91. The molecule has 1 N–H and O–H groups in total. The summed E-state index contributed by atoms with van der Waals surface area (Å²) in [6, 6.07) is 24.8. The predicted molar refractivity (Wildman–Crippen MR) is 132 cm³/mol. The SMILES string of the molecule is O=C(CSc1nnc(-c2ccccc2)n1-c1ccc(Br)cc1)N/N=C/c1ccc(Cl)cc1. The van der Waals surface area contributed by atoms with Crippen LogP contribution in [-0.4, -0.2) is 32.6 Å². The van der Waals surface area contributed by atoms with E-state index < -0.39 is 0 Å². The number of carbonyl (C=O) groups excluding carboxylic acids is 1. The van der Waals surface area contributed by atoms with Gasteiger partial charge in [-0.3, -0.25) is 9.36 Å². The van der Waals surface area contributed by atoms with E-state index in [9.17, 15) is 4.79 Å². The average molecular weight is 527 g/mol. The van der Waals surface area contributed by atoms with Crippen LogP contribution in [0.4, 0.5) is 0 Å². The minimum atomic E-state index is -0.244. The third kappa shape index (κ3) is 5.64. The summed E-state index contributed by atoms with van der Waals surface area (Å²) in [5.74, 6) is 0.602. The molecule has 9 heteroatoms. The van der Waals surface area contributed by atoms with Crippen molar-refractivity contribution >= 4 is 51.4 Å². The zero-order valence-electron chi connectivity index (χ0n) is 16.7. The zero-order valence-corrected chi connectivity index (χ0v) is 19.8. The van der Waals surface area contributed by atoms with E-state index in [2.05, 4.69) is 36.7 Å². The number of nitrogens with one attached hydrogen (secondary N) is 1. The van der Waals surface area contributed by atoms with Gasteiger partial charge in [-0.15, -0.1) is 10.2 Å². The third-order valence-corrected chi connectivity index (χ3v) is 6.07. The molecular weight excluding hydrogens is 510 g/mol. The number of rotatable bonds is 7. The lowest BCUT2D eigenvalue weighted by molar-refractivity contribution is -0.118. The Bertz CT molecular complexity index is 1230. The molecule has 32 heavy (non-hydrogen) atoms. The summed E-state index contributed by atoms with van der Waals surface area (Å²) in [6.07, 6.45) is 1.57. The van der Waals surface area contributed by atoms with E-state index in [4.69, 9.17) is 11.6 Å². The molecule has 6 nitrogen and oxygen atoms in total. The molecule has 1 amide bonds. The molecule has 0 aliphatic carbocycles. The standard InChI is InChI=1S/C23H17BrClN5OS/c24-18-8-12-20(13-9-18)30-22(17-4-2-1-3-5-17)28-29-23(30)32-15-21(31)27-26-14-16-6-10-19(25)11-7-16/h1-14H,15H2,(H,27,31)/b26-14+. The maximum atomic E-state index is 12.3. The number of aromatic nitrogens is 3. The Kier molecular flexibility index (Phi) is 7.36. The number of hydrogen-bond donors (Lipinski definition) is 1. The molecule has 0 aliphatic heterocycles. The van der Waals surface area contributed by atoms with Gasteiger partial charge in [-0.05, 0) is 42.0 Å². The Labute approximate surface area is 202 Å². The van der Waals surface area contributed by atoms with Gasteiger partial charge in [-0.1, -0.05) is 81.8 Å². The molecule has 0 saturated heterocycles. The van der Waals surface area contributed by atoms with Crippen LogP contribution in [0, 0.1) is 0 Å². The van der Waals surface area contributed by atoms with Crippen LogP contribution in [-0.2, 0) is 4.79 Å². The first kappa shape index (κ1) is 22.3. The predicted octanol–water partition coefficient (Wildman–Crippen LogP) is 5.59. The number of amides is 1. The summed E-state index contributed by atoms with van der Waals surface area (Å²) in [5, 5.41) is 14.0. The molecule has 0 unspecified atom stereocenters. The molecule has 0 aliphatic rings. The van der Waals surface area contributed by atoms with Crippen LogP contribution in [0.3, 0.4) is 0 Å². The van der Waals surface area contributed by atoms with E-state index in [1.807, 2.05) is 71.3 Å². The average Bonchev–Trinajstić information content (AvgIpc) is 3.24. The summed E-state index contributed by atoms with van der Waals surface area (Å²) in [4.78, 5) is 12.3. The van der Waals surface area contributed by atoms with Gasteiger partial charge in [-0.25, -0.2) is 5.43 Å². The van der Waals surface area contributed by atoms with Gasteiger partial charge in [0, 0.05) is 20.7 Å². The molecule has 0 saturated carbocycles. The van der Waals surface area contributed by atoms with Crippen LogP contribution in [0.25, 0.3) is 17.1 Å². The highest BCUT2D eigenvalue weighted by molar-refractivity contribution is 9.10. The van der Waals surface area contributed by atoms with Gasteiger partial charge in [0.25, 0.3) is 5.91 Å². The molecule has 3 aromatic carbocycles. The van der Waals surface area contributed by atoms with Gasteiger partial charge < -0.3 is 0 Å². The minimum absolute atomic E-state index is 0.140. The number of hydrogen-bond acceptors (Lipinski definition) is 5. The first-order valence-corrected chi connectivity index (χ1v) is 11.7. The molecule has 0 bridgehead atoms. The molecule has 160 valence electrons. The summed E-state index contributed by atoms with van der Waals surface area (Å²) >= 11 is 10.6. The Morgan fingerprint density at radius 3 is 2.47 bits per heavy atom. The minimum Gasteiger partial charge on any atom is -0.272 e. The van der Waals surface area contributed by atoms with Gasteiger partial charge in [0.1, 0.15) is 0 Å². The number of thioether (sulfide) groups is 1. The molecule has 4 aromatic rings. The van der Waals surface area contributed by atoms with Crippen molar-refractivity contribution < 1.29 is 4.79 Å². The fraction of sp³-hybridized carbons (Fsp3) is 0.0435. The summed E-state index contributed by atoms with van der Waals surface area (Å²) in [5.41, 5.74) is 5.21. The molecular formula is C23H17BrClN5OS. The van der Waals surface area contributed by atoms with Gasteiger partial charge in [0.15, 0.2) is 11.0 Å². The molecule has 0 atom stereocenters. The van der Waals surface area contributed by atoms with Crippen LogP contribution in [0.5, 0.6) is 0 Å². The fourth-order valence-corrected chi connectivity index (χ4v) is 3.99. The van der Waals surface area contributed by atoms with E-state index in [0.29, 0.717) is 16.0 Å². The van der Waals surface area contributed by atoms with Crippen LogP contribution < -0.4 is 5.43 Å². The van der Waals surface area contributed by atoms with E-state index in [-0.39, 0.29) is 11.7 Å². The van der Waals surface area contributed by atoms with Gasteiger partial charge >= 0.3 is 0 Å². The fourth-order valence-electron chi connectivity index (χ4n) is 2.85. The quantitative estimate of drug-likeness (QED) is 0.193. The molecule has 4 rings (SSSR count). The number of halogens is 2. The highest BCUT2D eigenvalue weighted by Crippen LogP contribution is 2.28. The van der Waals surface area contributed by atoms with Gasteiger partial charge in [0.05, 0.1) is 12.0 Å². The molecule has 0 fully saturated rings. The summed E-state index contributed by atoms with van der Waals surface area (Å²) in [7, 11) is 0. The molecule has 0 spiro atoms. The smallest absolute Gasteiger partial charge is 0.250 e. The van der Waals surface area contributed by atoms with Crippen molar-refractivity contribution in [3.05, 3.63) is 93.9 Å². The van der Waals surface area contributed by atoms with Gasteiger partial charge in [-0.2, -0.15) is 5.10 Å². The highest BCUT2D eigenvalue weighted by atomic mass is 79.9. The van der Waals surface area contributed by atoms with Crippen molar-refractivity contribution in [3.8, 4) is 17.1 Å². The number of carbonyl (C=O) groups is 1. The molecule has 1 heterocycles. The summed E-state index contributed by atoms with van der Waals surface area (Å²) in [6.45, 7) is 0. The lowest BCUT2D eigenvalue weighted by Crippen LogP contribution is -2.20. The second-order valence-electron chi connectivity index (χ2n) is 6.62. The first-order valence-electron chi connectivity index (χ1n) is 9.57. The van der Waals surface area contributed by atoms with Crippen molar-refractivity contribution in [2.75, 3.05) is 5.75 Å². The van der Waals surface area contributed by atoms with Crippen molar-refractivity contribution in [1.82, 2.24) is 20.2 Å². The van der Waals surface area contributed by atoms with Crippen LogP contribution >= 0.6 is 39.3 Å². The normalized spacial score (nSPS) is 11.1. The monoisotopic (exact) mass is 525 g/mol. The zero-order chi connectivity index (χ0) is 22.3. The maximum absolute atomic E-state index is 12.3. The number of nitrogens with zero attached hydrogens (tertiary/aromatic N) is 4. The largest absolute Gasteiger partial charge is 0.272 e. The van der Waals surface area contributed by atoms with E-state index in [0.717, 1.165) is 21.3 Å². The van der Waals surface area contributed by atoms with Crippen LogP contribution in [0.1, 0.15) is 5.56 Å². The molecule has 0 radical (unpaired) electrons. The number of hydrazone groups is 1. The second kappa shape index (κ2) is 10.6. The van der Waals surface area contributed by atoms with Crippen molar-refractivity contribution in [2.24, 2.45) is 5.10 Å².